The van der Waals surface area contributed by atoms with Crippen LogP contribution in [0.2, 0.25) is 0 Å². The third-order valence-corrected chi connectivity index (χ3v) is 6.14. The van der Waals surface area contributed by atoms with Crippen molar-refractivity contribution in [1.82, 2.24) is 18.7 Å². The average Bonchev–Trinajstić information content (AvgIpc) is 3.44. The van der Waals surface area contributed by atoms with Crippen LogP contribution in [-0.2, 0) is 17.8 Å². The van der Waals surface area contributed by atoms with E-state index in [0.29, 0.717) is 24.3 Å². The van der Waals surface area contributed by atoms with Crippen LogP contribution >= 0.6 is 0 Å². The second kappa shape index (κ2) is 8.24. The molecule has 1 aliphatic rings. The number of imidazole rings is 1. The van der Waals surface area contributed by atoms with Crippen molar-refractivity contribution >= 4 is 11.2 Å². The van der Waals surface area contributed by atoms with Gasteiger partial charge in [0.1, 0.15) is 0 Å². The van der Waals surface area contributed by atoms with E-state index in [0.717, 1.165) is 29.7 Å². The summed E-state index contributed by atoms with van der Waals surface area (Å²) < 4.78 is 10.5. The molecule has 32 heavy (non-hydrogen) atoms. The quantitative estimate of drug-likeness (QED) is 0.488. The van der Waals surface area contributed by atoms with Gasteiger partial charge in [0.2, 0.25) is 0 Å². The monoisotopic (exact) mass is 430 g/mol. The Hall–Kier alpha value is -3.45. The van der Waals surface area contributed by atoms with Crippen LogP contribution in [0.25, 0.3) is 16.9 Å². The van der Waals surface area contributed by atoms with Crippen molar-refractivity contribution in [3.8, 4) is 5.69 Å². The molecule has 3 heterocycles. The molecule has 5 rings (SSSR count). The molecule has 0 amide bonds. The Kier molecular flexibility index (Phi) is 5.27. The molecule has 0 aliphatic carbocycles. The van der Waals surface area contributed by atoms with Crippen molar-refractivity contribution < 1.29 is 4.74 Å². The van der Waals surface area contributed by atoms with Gasteiger partial charge in [-0.2, -0.15) is 0 Å². The zero-order valence-corrected chi connectivity index (χ0v) is 18.3. The van der Waals surface area contributed by atoms with E-state index < -0.39 is 0 Å². The summed E-state index contributed by atoms with van der Waals surface area (Å²) in [4.78, 5) is 31.7. The molecule has 1 atom stereocenters. The highest BCUT2D eigenvalue weighted by molar-refractivity contribution is 5.73. The zero-order chi connectivity index (χ0) is 22.2. The van der Waals surface area contributed by atoms with Crippen LogP contribution in [0.4, 0.5) is 0 Å². The topological polar surface area (TPSA) is 71.1 Å². The van der Waals surface area contributed by atoms with Crippen molar-refractivity contribution in [2.45, 2.75) is 45.9 Å². The molecule has 2 aromatic carbocycles. The number of benzene rings is 2. The zero-order valence-electron chi connectivity index (χ0n) is 18.3. The number of aryl methyl sites for hydroxylation is 2. The second-order valence-corrected chi connectivity index (χ2v) is 8.49. The minimum absolute atomic E-state index is 0.128. The van der Waals surface area contributed by atoms with Gasteiger partial charge in [-0.15, -0.1) is 0 Å². The van der Waals surface area contributed by atoms with Crippen molar-refractivity contribution in [3.63, 3.8) is 0 Å². The number of hydrogen-bond acceptors (Lipinski definition) is 4. The van der Waals surface area contributed by atoms with Gasteiger partial charge in [0, 0.05) is 13.2 Å². The minimum atomic E-state index is -0.382. The van der Waals surface area contributed by atoms with E-state index in [-0.39, 0.29) is 23.9 Å². The fourth-order valence-corrected chi connectivity index (χ4v) is 4.37. The minimum Gasteiger partial charge on any atom is -0.376 e. The number of rotatable bonds is 5. The Labute approximate surface area is 185 Å². The van der Waals surface area contributed by atoms with Gasteiger partial charge in [0.25, 0.3) is 5.56 Å². The van der Waals surface area contributed by atoms with Crippen molar-refractivity contribution in [2.75, 3.05) is 6.61 Å². The van der Waals surface area contributed by atoms with E-state index >= 15 is 0 Å². The summed E-state index contributed by atoms with van der Waals surface area (Å²) in [6.07, 6.45) is 3.31. The molecule has 1 aliphatic heterocycles. The SMILES string of the molecule is Cc1ccc(Cn2cnc3c2c(=O)n(C[C@@H]2CCCO2)c(=O)n3-c2ccccc2C)cc1. The van der Waals surface area contributed by atoms with Gasteiger partial charge in [-0.05, 0) is 43.9 Å². The van der Waals surface area contributed by atoms with Crippen molar-refractivity contribution in [1.29, 1.82) is 0 Å². The van der Waals surface area contributed by atoms with Crippen LogP contribution in [0.3, 0.4) is 0 Å². The molecule has 0 unspecified atom stereocenters. The van der Waals surface area contributed by atoms with Crippen LogP contribution in [0, 0.1) is 13.8 Å². The number of nitrogens with zero attached hydrogens (tertiary/aromatic N) is 4. The van der Waals surface area contributed by atoms with Crippen LogP contribution in [0.5, 0.6) is 0 Å². The highest BCUT2D eigenvalue weighted by Gasteiger charge is 2.24. The smallest absolute Gasteiger partial charge is 0.337 e. The van der Waals surface area contributed by atoms with Gasteiger partial charge in [0.05, 0.1) is 24.7 Å². The number of para-hydroxylation sites is 1. The summed E-state index contributed by atoms with van der Waals surface area (Å²) in [6, 6.07) is 15.8. The predicted molar refractivity (Wildman–Crippen MR) is 124 cm³/mol. The first kappa shape index (κ1) is 20.5. The summed E-state index contributed by atoms with van der Waals surface area (Å²) in [5.74, 6) is 0. The fraction of sp³-hybridized carbons (Fsp3) is 0.320. The molecule has 0 bridgehead atoms. The summed E-state index contributed by atoms with van der Waals surface area (Å²) in [5.41, 5.74) is 4.00. The molecule has 0 radical (unpaired) electrons. The maximum Gasteiger partial charge on any atom is 0.337 e. The van der Waals surface area contributed by atoms with E-state index in [1.165, 1.54) is 10.1 Å². The number of ether oxygens (including phenoxy) is 1. The predicted octanol–water partition coefficient (Wildman–Crippen LogP) is 3.19. The van der Waals surface area contributed by atoms with Gasteiger partial charge >= 0.3 is 5.69 Å². The van der Waals surface area contributed by atoms with Gasteiger partial charge in [-0.3, -0.25) is 9.36 Å². The van der Waals surface area contributed by atoms with Crippen molar-refractivity contribution in [2.24, 2.45) is 0 Å². The van der Waals surface area contributed by atoms with E-state index in [9.17, 15) is 9.59 Å². The van der Waals surface area contributed by atoms with Crippen LogP contribution in [0.1, 0.15) is 29.5 Å². The molecule has 1 fully saturated rings. The average molecular weight is 431 g/mol. The maximum atomic E-state index is 13.6. The molecule has 0 saturated carbocycles. The lowest BCUT2D eigenvalue weighted by Gasteiger charge is -2.16. The molecular weight excluding hydrogens is 404 g/mol. The highest BCUT2D eigenvalue weighted by Crippen LogP contribution is 2.19. The largest absolute Gasteiger partial charge is 0.376 e. The van der Waals surface area contributed by atoms with Crippen LogP contribution in [-0.4, -0.2) is 31.4 Å². The van der Waals surface area contributed by atoms with Gasteiger partial charge in [0.15, 0.2) is 11.2 Å². The lowest BCUT2D eigenvalue weighted by atomic mass is 10.1. The molecule has 0 spiro atoms. The number of hydrogen-bond donors (Lipinski definition) is 0. The van der Waals surface area contributed by atoms with E-state index in [2.05, 4.69) is 4.98 Å². The first-order valence-corrected chi connectivity index (χ1v) is 11.0. The number of aromatic nitrogens is 4. The van der Waals surface area contributed by atoms with Gasteiger partial charge in [-0.1, -0.05) is 48.0 Å². The molecule has 7 nitrogen and oxygen atoms in total. The molecule has 4 aromatic rings. The lowest BCUT2D eigenvalue weighted by molar-refractivity contribution is 0.0950. The van der Waals surface area contributed by atoms with E-state index in [1.807, 2.05) is 66.9 Å². The third kappa shape index (κ3) is 3.58. The normalized spacial score (nSPS) is 16.1. The summed E-state index contributed by atoms with van der Waals surface area (Å²) >= 11 is 0. The summed E-state index contributed by atoms with van der Waals surface area (Å²) in [5, 5.41) is 0. The van der Waals surface area contributed by atoms with Gasteiger partial charge in [-0.25, -0.2) is 14.3 Å². The fourth-order valence-electron chi connectivity index (χ4n) is 4.37. The summed E-state index contributed by atoms with van der Waals surface area (Å²) in [7, 11) is 0. The third-order valence-electron chi connectivity index (χ3n) is 6.14. The Morgan fingerprint density at radius 1 is 1.06 bits per heavy atom. The Balaban J connectivity index is 1.73. The maximum absolute atomic E-state index is 13.6. The van der Waals surface area contributed by atoms with Crippen LogP contribution in [0.15, 0.2) is 64.4 Å². The molecule has 1 saturated heterocycles. The van der Waals surface area contributed by atoms with Gasteiger partial charge < -0.3 is 9.30 Å². The Morgan fingerprint density at radius 2 is 1.84 bits per heavy atom. The highest BCUT2D eigenvalue weighted by atomic mass is 16.5. The first-order chi connectivity index (χ1) is 15.5. The molecular formula is C25H26N4O3. The number of fused-ring (bicyclic) bond motifs is 1. The first-order valence-electron chi connectivity index (χ1n) is 11.0. The molecule has 0 N–H and O–H groups in total. The van der Waals surface area contributed by atoms with Crippen LogP contribution < -0.4 is 11.2 Å². The van der Waals surface area contributed by atoms with E-state index in [1.54, 1.807) is 10.9 Å². The summed E-state index contributed by atoms with van der Waals surface area (Å²) in [6.45, 7) is 5.40. The Bertz CT molecular complexity index is 1390. The van der Waals surface area contributed by atoms with Crippen molar-refractivity contribution in [3.05, 3.63) is 92.4 Å². The molecule has 164 valence electrons. The van der Waals surface area contributed by atoms with E-state index in [4.69, 9.17) is 4.74 Å². The second-order valence-electron chi connectivity index (χ2n) is 8.49. The molecule has 2 aromatic heterocycles. The molecule has 7 heteroatoms. The standard InChI is InChI=1S/C25H26N4O3/c1-17-9-11-19(12-10-17)14-27-16-26-23-22(27)24(30)28(15-20-7-5-13-32-20)25(31)29(23)21-8-4-3-6-18(21)2/h3-4,6,8-12,16,20H,5,7,13-15H2,1-2H3/t20-/m0/s1. The Morgan fingerprint density at radius 3 is 2.56 bits per heavy atom. The lowest BCUT2D eigenvalue weighted by Crippen LogP contribution is -2.42.